The van der Waals surface area contributed by atoms with Crippen molar-refractivity contribution in [3.63, 3.8) is 0 Å². The highest BCUT2D eigenvalue weighted by Crippen LogP contribution is 2.46. The number of aliphatic carboxylic acids is 1. The summed E-state index contributed by atoms with van der Waals surface area (Å²) in [4.78, 5) is 37.0. The lowest BCUT2D eigenvalue weighted by molar-refractivity contribution is -0.160. The predicted molar refractivity (Wildman–Crippen MR) is 179 cm³/mol. The van der Waals surface area contributed by atoms with Crippen molar-refractivity contribution in [3.05, 3.63) is 46.0 Å². The molecule has 0 spiro atoms. The summed E-state index contributed by atoms with van der Waals surface area (Å²) in [6.45, 7) is 12.9. The number of hydrogen-bond acceptors (Lipinski definition) is 7. The first kappa shape index (κ1) is 33.0. The van der Waals surface area contributed by atoms with Crippen LogP contribution in [0.1, 0.15) is 91.9 Å². The molecule has 258 valence electrons. The molecule has 0 radical (unpaired) electrons. The average molecular weight is 663 g/mol. The van der Waals surface area contributed by atoms with Crippen LogP contribution in [-0.4, -0.2) is 93.0 Å². The van der Waals surface area contributed by atoms with Crippen LogP contribution in [0.5, 0.6) is 5.75 Å². The number of piperidine rings is 1. The number of fused-ring (bicyclic) bond motifs is 4. The van der Waals surface area contributed by atoms with E-state index in [0.29, 0.717) is 58.2 Å². The van der Waals surface area contributed by atoms with Gasteiger partial charge in [0.2, 0.25) is 0 Å². The van der Waals surface area contributed by atoms with E-state index in [1.165, 1.54) is 6.07 Å². The molecule has 11 heteroatoms. The Kier molecular flexibility index (Phi) is 8.53. The van der Waals surface area contributed by atoms with E-state index < -0.39 is 23.5 Å². The van der Waals surface area contributed by atoms with Crippen molar-refractivity contribution in [1.82, 2.24) is 19.4 Å². The molecule has 1 N–H and O–H groups in total. The third-order valence-electron chi connectivity index (χ3n) is 10.8. The second-order valence-electron chi connectivity index (χ2n) is 14.9. The van der Waals surface area contributed by atoms with Crippen LogP contribution in [-0.2, 0) is 27.7 Å². The van der Waals surface area contributed by atoms with Crippen LogP contribution in [0.25, 0.3) is 22.2 Å². The molecule has 3 aromatic rings. The van der Waals surface area contributed by atoms with E-state index >= 15 is 4.39 Å². The fourth-order valence-electron chi connectivity index (χ4n) is 8.63. The van der Waals surface area contributed by atoms with Crippen molar-refractivity contribution in [3.8, 4) is 16.9 Å². The van der Waals surface area contributed by atoms with Gasteiger partial charge >= 0.3 is 5.97 Å². The highest BCUT2D eigenvalue weighted by atomic mass is 19.1. The molecule has 1 aromatic carbocycles. The lowest BCUT2D eigenvalue weighted by Crippen LogP contribution is -2.54. The van der Waals surface area contributed by atoms with Crippen LogP contribution < -0.4 is 4.74 Å². The maximum atomic E-state index is 15.8. The number of benzene rings is 1. The molecule has 0 aliphatic carbocycles. The number of morpholine rings is 1. The fourth-order valence-corrected chi connectivity index (χ4v) is 8.63. The molecule has 4 atom stereocenters. The number of carboxylic acid groups (broad SMARTS) is 1. The Balaban J connectivity index is 1.37. The molecule has 10 nitrogen and oxygen atoms in total. The topological polar surface area (TPSA) is 106 Å². The van der Waals surface area contributed by atoms with E-state index in [1.54, 1.807) is 27.7 Å². The summed E-state index contributed by atoms with van der Waals surface area (Å²) in [6.07, 6.45) is 3.88. The van der Waals surface area contributed by atoms with Gasteiger partial charge in [-0.15, -0.1) is 0 Å². The Morgan fingerprint density at radius 3 is 2.40 bits per heavy atom. The minimum absolute atomic E-state index is 0.0453. The number of amides is 1. The quantitative estimate of drug-likeness (QED) is 0.357. The van der Waals surface area contributed by atoms with Gasteiger partial charge < -0.3 is 28.8 Å². The predicted octanol–water partition coefficient (Wildman–Crippen LogP) is 5.73. The van der Waals surface area contributed by atoms with Crippen LogP contribution in [0.3, 0.4) is 0 Å². The molecular formula is C37H47FN4O6. The number of aromatic nitrogens is 2. The molecular weight excluding hydrogens is 615 g/mol. The number of pyridine rings is 1. The third-order valence-corrected chi connectivity index (χ3v) is 10.8. The standard InChI is InChI=1S/C37H47FN4O6/c1-20-25-8-7-13-47-32(25)28(38)18-26(20)31-27-19-29(40(6)34(27)39-21(2)30(31)33(36(44)45)48-37(3,4)5)35(43)42-22-9-10-23(42)17-24(16-22)41-11-14-46-15-12-41/h18-19,22-24,33H,7-17H2,1-6H3,(H,44,45)/t22-,23+,24?,33-/m0/s1. The van der Waals surface area contributed by atoms with Crippen molar-refractivity contribution in [1.29, 1.82) is 0 Å². The highest BCUT2D eigenvalue weighted by molar-refractivity contribution is 6.05. The smallest absolute Gasteiger partial charge is 0.337 e. The molecule has 3 saturated heterocycles. The van der Waals surface area contributed by atoms with Gasteiger partial charge in [-0.3, -0.25) is 9.69 Å². The molecule has 2 aromatic heterocycles. The van der Waals surface area contributed by atoms with E-state index in [-0.39, 0.29) is 23.7 Å². The van der Waals surface area contributed by atoms with Crippen LogP contribution in [0.4, 0.5) is 4.39 Å². The van der Waals surface area contributed by atoms with Crippen LogP contribution >= 0.6 is 0 Å². The normalized spacial score (nSPS) is 23.6. The highest BCUT2D eigenvalue weighted by Gasteiger charge is 2.46. The Morgan fingerprint density at radius 1 is 1.06 bits per heavy atom. The van der Waals surface area contributed by atoms with Gasteiger partial charge in [-0.05, 0) is 96.4 Å². The summed E-state index contributed by atoms with van der Waals surface area (Å²) >= 11 is 0. The number of carboxylic acids is 1. The van der Waals surface area contributed by atoms with Gasteiger partial charge in [0.25, 0.3) is 5.91 Å². The molecule has 4 aliphatic rings. The number of carbonyl (C=O) groups is 2. The summed E-state index contributed by atoms with van der Waals surface area (Å²) < 4.78 is 35.1. The number of carbonyl (C=O) groups excluding carboxylic acids is 1. The first-order valence-electron chi connectivity index (χ1n) is 17.3. The van der Waals surface area contributed by atoms with Gasteiger partial charge in [0.1, 0.15) is 11.3 Å². The lowest BCUT2D eigenvalue weighted by Gasteiger charge is -2.44. The Hall–Kier alpha value is -3.54. The summed E-state index contributed by atoms with van der Waals surface area (Å²) in [6, 6.07) is 4.03. The first-order valence-corrected chi connectivity index (χ1v) is 17.3. The zero-order valence-corrected chi connectivity index (χ0v) is 28.9. The molecule has 2 bridgehead atoms. The van der Waals surface area contributed by atoms with E-state index in [9.17, 15) is 14.7 Å². The fraction of sp³-hybridized carbons (Fsp3) is 0.595. The van der Waals surface area contributed by atoms with Gasteiger partial charge in [0.15, 0.2) is 17.7 Å². The van der Waals surface area contributed by atoms with Gasteiger partial charge in [-0.25, -0.2) is 14.2 Å². The van der Waals surface area contributed by atoms with Crippen molar-refractivity contribution in [2.24, 2.45) is 7.05 Å². The molecule has 1 unspecified atom stereocenters. The van der Waals surface area contributed by atoms with Crippen LogP contribution in [0.2, 0.25) is 0 Å². The van der Waals surface area contributed by atoms with E-state index in [0.717, 1.165) is 69.5 Å². The zero-order chi connectivity index (χ0) is 34.1. The van der Waals surface area contributed by atoms with E-state index in [4.69, 9.17) is 19.2 Å². The zero-order valence-electron chi connectivity index (χ0n) is 28.9. The molecule has 6 heterocycles. The van der Waals surface area contributed by atoms with Gasteiger partial charge in [0, 0.05) is 66.0 Å². The lowest BCUT2D eigenvalue weighted by atomic mass is 9.86. The summed E-state index contributed by atoms with van der Waals surface area (Å²) in [5.41, 5.74) is 3.73. The Morgan fingerprint density at radius 2 is 1.75 bits per heavy atom. The molecule has 0 saturated carbocycles. The Bertz CT molecular complexity index is 1760. The van der Waals surface area contributed by atoms with Crippen molar-refractivity contribution < 1.29 is 33.3 Å². The summed E-state index contributed by atoms with van der Waals surface area (Å²) in [5, 5.41) is 11.1. The van der Waals surface area contributed by atoms with Crippen molar-refractivity contribution >= 4 is 22.9 Å². The number of aryl methyl sites for hydroxylation is 2. The van der Waals surface area contributed by atoms with Crippen LogP contribution in [0.15, 0.2) is 12.1 Å². The minimum Gasteiger partial charge on any atom is -0.490 e. The number of hydrogen-bond donors (Lipinski definition) is 1. The van der Waals surface area contributed by atoms with Crippen LogP contribution in [0, 0.1) is 19.7 Å². The summed E-state index contributed by atoms with van der Waals surface area (Å²) in [5.74, 6) is -1.45. The third kappa shape index (κ3) is 5.67. The number of rotatable bonds is 6. The molecule has 7 rings (SSSR count). The Labute approximate surface area is 281 Å². The maximum absolute atomic E-state index is 15.8. The molecule has 4 aliphatic heterocycles. The van der Waals surface area contributed by atoms with Crippen molar-refractivity contribution in [2.45, 2.75) is 103 Å². The van der Waals surface area contributed by atoms with Gasteiger partial charge in [-0.2, -0.15) is 0 Å². The first-order chi connectivity index (χ1) is 22.8. The average Bonchev–Trinajstić information content (AvgIpc) is 3.52. The second-order valence-corrected chi connectivity index (χ2v) is 14.9. The molecule has 1 amide bonds. The van der Waals surface area contributed by atoms with E-state index in [1.807, 2.05) is 24.6 Å². The minimum atomic E-state index is -1.37. The summed E-state index contributed by atoms with van der Waals surface area (Å²) in [7, 11) is 1.84. The van der Waals surface area contributed by atoms with Gasteiger partial charge in [-0.1, -0.05) is 0 Å². The second kappa shape index (κ2) is 12.4. The van der Waals surface area contributed by atoms with Gasteiger partial charge in [0.05, 0.1) is 25.4 Å². The SMILES string of the molecule is Cc1nc2c(cc(C(=O)N3[C@@H]4CC[C@H]3CC(N3CCOCC3)C4)n2C)c(-c2cc(F)c3c(c2C)CCCO3)c1[C@H](OC(C)(C)C)C(=O)O. The molecule has 3 fully saturated rings. The number of ether oxygens (including phenoxy) is 3. The molecule has 48 heavy (non-hydrogen) atoms. The monoisotopic (exact) mass is 662 g/mol. The van der Waals surface area contributed by atoms with E-state index in [2.05, 4.69) is 9.80 Å². The number of nitrogens with zero attached hydrogens (tertiary/aromatic N) is 4. The largest absolute Gasteiger partial charge is 0.490 e. The maximum Gasteiger partial charge on any atom is 0.337 e. The number of halogens is 1. The van der Waals surface area contributed by atoms with Crippen molar-refractivity contribution in [2.75, 3.05) is 32.9 Å².